The molecule has 0 aliphatic carbocycles. The van der Waals surface area contributed by atoms with E-state index in [4.69, 9.17) is 4.74 Å². The zero-order valence-corrected chi connectivity index (χ0v) is 9.11. The summed E-state index contributed by atoms with van der Waals surface area (Å²) in [4.78, 5) is 9.92. The van der Waals surface area contributed by atoms with Crippen molar-refractivity contribution in [1.29, 1.82) is 0 Å². The molecule has 0 atom stereocenters. The van der Waals surface area contributed by atoms with Gasteiger partial charge in [0.2, 0.25) is 0 Å². The molecule has 0 spiro atoms. The molecular formula is C11H14NO3. The van der Waals surface area contributed by atoms with Crippen LogP contribution in [0.1, 0.15) is 20.8 Å². The first-order valence-corrected chi connectivity index (χ1v) is 4.67. The van der Waals surface area contributed by atoms with Gasteiger partial charge in [0.05, 0.1) is 11.5 Å². The molecule has 0 aromatic heterocycles. The van der Waals surface area contributed by atoms with Crippen LogP contribution in [0.3, 0.4) is 0 Å². The van der Waals surface area contributed by atoms with Crippen LogP contribution in [-0.2, 0) is 0 Å². The predicted molar refractivity (Wildman–Crippen MR) is 56.9 cm³/mol. The Balaban J connectivity index is 2.61. The van der Waals surface area contributed by atoms with E-state index in [1.165, 1.54) is 12.1 Å². The van der Waals surface area contributed by atoms with Crippen LogP contribution in [0.5, 0.6) is 5.75 Å². The number of hydrogen-bond acceptors (Lipinski definition) is 3. The second-order valence-corrected chi connectivity index (χ2v) is 4.52. The summed E-state index contributed by atoms with van der Waals surface area (Å²) >= 11 is 0. The van der Waals surface area contributed by atoms with Crippen LogP contribution in [0.2, 0.25) is 0 Å². The van der Waals surface area contributed by atoms with E-state index in [2.05, 4.69) is 26.8 Å². The number of rotatable bonds is 3. The standard InChI is InChI=1S/C11H14NO3/c1-11(2,3)8-15-10-6-4-9(5-7-10)12(13)14/h4-6H,8H2,1-3H3. The van der Waals surface area contributed by atoms with Gasteiger partial charge in [-0.2, -0.15) is 0 Å². The molecule has 0 aliphatic heterocycles. The molecule has 0 N–H and O–H groups in total. The minimum atomic E-state index is -0.454. The lowest BCUT2D eigenvalue weighted by molar-refractivity contribution is -0.384. The van der Waals surface area contributed by atoms with Crippen molar-refractivity contribution < 1.29 is 9.66 Å². The molecule has 4 nitrogen and oxygen atoms in total. The fraction of sp³-hybridized carbons (Fsp3) is 0.455. The third kappa shape index (κ3) is 3.97. The van der Waals surface area contributed by atoms with Crippen LogP contribution in [-0.4, -0.2) is 11.5 Å². The van der Waals surface area contributed by atoms with Crippen molar-refractivity contribution in [2.24, 2.45) is 5.41 Å². The van der Waals surface area contributed by atoms with E-state index in [1.807, 2.05) is 0 Å². The fourth-order valence-corrected chi connectivity index (χ4v) is 0.900. The molecule has 1 aromatic rings. The first kappa shape index (κ1) is 11.5. The third-order valence-electron chi connectivity index (χ3n) is 1.64. The van der Waals surface area contributed by atoms with Gasteiger partial charge >= 0.3 is 0 Å². The number of nitrogens with zero attached hydrogens (tertiary/aromatic N) is 1. The average molecular weight is 208 g/mol. The number of ether oxygens (including phenoxy) is 1. The SMILES string of the molecule is CC(C)(C)COc1[c]cc([N+](=O)[O-])cc1. The van der Waals surface area contributed by atoms with Crippen LogP contribution in [0.15, 0.2) is 18.2 Å². The molecule has 0 fully saturated rings. The van der Waals surface area contributed by atoms with Crippen molar-refractivity contribution in [2.75, 3.05) is 6.61 Å². The molecule has 81 valence electrons. The molecule has 0 saturated heterocycles. The number of non-ortho nitro benzene ring substituents is 1. The Morgan fingerprint density at radius 1 is 1.47 bits per heavy atom. The number of benzene rings is 1. The summed E-state index contributed by atoms with van der Waals surface area (Å²) < 4.78 is 5.43. The monoisotopic (exact) mass is 208 g/mol. The molecule has 4 heteroatoms. The van der Waals surface area contributed by atoms with Gasteiger partial charge in [-0.3, -0.25) is 10.1 Å². The van der Waals surface area contributed by atoms with Crippen molar-refractivity contribution in [3.63, 3.8) is 0 Å². The van der Waals surface area contributed by atoms with Gasteiger partial charge in [-0.1, -0.05) is 20.8 Å². The van der Waals surface area contributed by atoms with Crippen LogP contribution in [0, 0.1) is 21.6 Å². The summed E-state index contributed by atoms with van der Waals surface area (Å²) in [7, 11) is 0. The predicted octanol–water partition coefficient (Wildman–Crippen LogP) is 2.82. The van der Waals surface area contributed by atoms with Crippen molar-refractivity contribution in [1.82, 2.24) is 0 Å². The summed E-state index contributed by atoms with van der Waals surface area (Å²) in [6.45, 7) is 6.72. The first-order valence-electron chi connectivity index (χ1n) is 4.67. The Labute approximate surface area is 89.0 Å². The quantitative estimate of drug-likeness (QED) is 0.567. The molecule has 1 radical (unpaired) electrons. The van der Waals surface area contributed by atoms with E-state index in [-0.39, 0.29) is 11.1 Å². The van der Waals surface area contributed by atoms with Crippen molar-refractivity contribution in [3.8, 4) is 5.75 Å². The van der Waals surface area contributed by atoms with Crippen molar-refractivity contribution >= 4 is 5.69 Å². The van der Waals surface area contributed by atoms with Gasteiger partial charge in [0.1, 0.15) is 5.75 Å². The Bertz CT molecular complexity index is 338. The van der Waals surface area contributed by atoms with Gasteiger partial charge in [0.25, 0.3) is 5.69 Å². The molecule has 0 heterocycles. The Hall–Kier alpha value is -1.58. The van der Waals surface area contributed by atoms with Gasteiger partial charge in [0, 0.05) is 18.2 Å². The van der Waals surface area contributed by atoms with Gasteiger partial charge in [-0.05, 0) is 11.5 Å². The van der Waals surface area contributed by atoms with Crippen LogP contribution >= 0.6 is 0 Å². The van der Waals surface area contributed by atoms with E-state index in [9.17, 15) is 10.1 Å². The maximum atomic E-state index is 10.4. The largest absolute Gasteiger partial charge is 0.492 e. The Kier molecular flexibility index (Phi) is 3.29. The van der Waals surface area contributed by atoms with Crippen LogP contribution in [0.4, 0.5) is 5.69 Å². The van der Waals surface area contributed by atoms with Gasteiger partial charge in [-0.25, -0.2) is 0 Å². The summed E-state index contributed by atoms with van der Waals surface area (Å²) in [6, 6.07) is 7.02. The zero-order chi connectivity index (χ0) is 11.5. The minimum absolute atomic E-state index is 0.0260. The normalized spacial score (nSPS) is 11.1. The second-order valence-electron chi connectivity index (χ2n) is 4.52. The maximum Gasteiger partial charge on any atom is 0.270 e. The molecule has 0 bridgehead atoms. The molecule has 15 heavy (non-hydrogen) atoms. The highest BCUT2D eigenvalue weighted by Gasteiger charge is 2.11. The third-order valence-corrected chi connectivity index (χ3v) is 1.64. The lowest BCUT2D eigenvalue weighted by Crippen LogP contribution is -2.16. The zero-order valence-electron chi connectivity index (χ0n) is 9.11. The summed E-state index contributed by atoms with van der Waals surface area (Å²) in [5, 5.41) is 10.4. The lowest BCUT2D eigenvalue weighted by Gasteiger charge is -2.18. The average Bonchev–Trinajstić information content (AvgIpc) is 2.14. The van der Waals surface area contributed by atoms with Gasteiger partial charge in [-0.15, -0.1) is 0 Å². The molecule has 0 saturated carbocycles. The van der Waals surface area contributed by atoms with E-state index in [0.717, 1.165) is 0 Å². The minimum Gasteiger partial charge on any atom is -0.492 e. The molecule has 0 unspecified atom stereocenters. The summed E-state index contributed by atoms with van der Waals surface area (Å²) in [5.41, 5.74) is 0.0911. The molecular weight excluding hydrogens is 194 g/mol. The molecule has 0 aliphatic rings. The van der Waals surface area contributed by atoms with Crippen molar-refractivity contribution in [2.45, 2.75) is 20.8 Å². The topological polar surface area (TPSA) is 52.4 Å². The Morgan fingerprint density at radius 3 is 2.53 bits per heavy atom. The summed E-state index contributed by atoms with van der Waals surface area (Å²) in [5.74, 6) is 0.538. The lowest BCUT2D eigenvalue weighted by atomic mass is 9.99. The molecule has 0 amide bonds. The molecule has 1 aromatic carbocycles. The number of nitro groups is 1. The van der Waals surface area contributed by atoms with E-state index in [1.54, 1.807) is 6.07 Å². The van der Waals surface area contributed by atoms with E-state index in [0.29, 0.717) is 12.4 Å². The maximum absolute atomic E-state index is 10.4. The number of nitro benzene ring substituents is 1. The molecule has 1 rings (SSSR count). The number of hydrogen-bond donors (Lipinski definition) is 0. The van der Waals surface area contributed by atoms with Crippen LogP contribution in [0.25, 0.3) is 0 Å². The van der Waals surface area contributed by atoms with E-state index < -0.39 is 4.92 Å². The summed E-state index contributed by atoms with van der Waals surface area (Å²) in [6.07, 6.45) is 0. The van der Waals surface area contributed by atoms with Gasteiger partial charge in [0.15, 0.2) is 0 Å². The van der Waals surface area contributed by atoms with Gasteiger partial charge < -0.3 is 4.74 Å². The second kappa shape index (κ2) is 4.29. The highest BCUT2D eigenvalue weighted by atomic mass is 16.6. The first-order chi connectivity index (χ1) is 6.88. The highest BCUT2D eigenvalue weighted by Crippen LogP contribution is 2.19. The Morgan fingerprint density at radius 2 is 2.13 bits per heavy atom. The smallest absolute Gasteiger partial charge is 0.270 e. The van der Waals surface area contributed by atoms with Crippen LogP contribution < -0.4 is 4.74 Å². The van der Waals surface area contributed by atoms with E-state index >= 15 is 0 Å². The van der Waals surface area contributed by atoms with Crippen molar-refractivity contribution in [3.05, 3.63) is 34.4 Å². The fourth-order valence-electron chi connectivity index (χ4n) is 0.900. The highest BCUT2D eigenvalue weighted by molar-refractivity contribution is 5.34.